The zero-order valence-electron chi connectivity index (χ0n) is 19.4. The first-order valence-electron chi connectivity index (χ1n) is 12.1. The predicted octanol–water partition coefficient (Wildman–Crippen LogP) is 4.66. The summed E-state index contributed by atoms with van der Waals surface area (Å²) in [6.45, 7) is 7.44. The number of nitrogens with one attached hydrogen (secondary N) is 2. The van der Waals surface area contributed by atoms with Gasteiger partial charge in [0.2, 0.25) is 5.95 Å². The Labute approximate surface area is 191 Å². The van der Waals surface area contributed by atoms with Gasteiger partial charge in [0, 0.05) is 12.1 Å². The fourth-order valence-electron chi connectivity index (χ4n) is 4.78. The first-order valence-corrected chi connectivity index (χ1v) is 12.1. The Morgan fingerprint density at radius 1 is 1.31 bits per heavy atom. The lowest BCUT2D eigenvalue weighted by Crippen LogP contribution is -2.30. The molecule has 4 rings (SSSR count). The van der Waals surface area contributed by atoms with E-state index in [9.17, 15) is 4.79 Å². The van der Waals surface area contributed by atoms with Crippen LogP contribution in [-0.2, 0) is 19.4 Å². The van der Waals surface area contributed by atoms with Crippen LogP contribution >= 0.6 is 0 Å². The third-order valence-corrected chi connectivity index (χ3v) is 6.62. The highest BCUT2D eigenvalue weighted by Gasteiger charge is 2.22. The number of aromatic nitrogens is 2. The van der Waals surface area contributed by atoms with Gasteiger partial charge in [-0.15, -0.1) is 0 Å². The van der Waals surface area contributed by atoms with E-state index in [1.165, 1.54) is 37.9 Å². The van der Waals surface area contributed by atoms with Crippen LogP contribution in [0.4, 0.5) is 5.95 Å². The number of allylic oxidation sites excluding steroid dienone is 1. The van der Waals surface area contributed by atoms with E-state index in [-0.39, 0.29) is 5.56 Å². The molecule has 0 bridgehead atoms. The molecule has 2 unspecified atom stereocenters. The van der Waals surface area contributed by atoms with Crippen molar-refractivity contribution in [2.24, 2.45) is 5.92 Å². The van der Waals surface area contributed by atoms with E-state index in [4.69, 9.17) is 9.72 Å². The topological polar surface area (TPSA) is 70.2 Å². The molecule has 32 heavy (non-hydrogen) atoms. The van der Waals surface area contributed by atoms with Crippen molar-refractivity contribution in [3.63, 3.8) is 0 Å². The second kappa shape index (κ2) is 10.8. The molecule has 1 saturated heterocycles. The average Bonchev–Trinajstić information content (AvgIpc) is 2.80. The molecular formula is C26H36N4O2. The number of nitrogens with zero attached hydrogens (tertiary/aromatic N) is 2. The third kappa shape index (κ3) is 5.80. The van der Waals surface area contributed by atoms with E-state index < -0.39 is 6.23 Å². The van der Waals surface area contributed by atoms with Gasteiger partial charge in [-0.2, -0.15) is 0 Å². The number of aromatic amines is 1. The van der Waals surface area contributed by atoms with Crippen molar-refractivity contribution in [1.82, 2.24) is 14.9 Å². The van der Waals surface area contributed by atoms with Crippen LogP contribution in [-0.4, -0.2) is 34.2 Å². The molecule has 172 valence electrons. The smallest absolute Gasteiger partial charge is 0.255 e. The Morgan fingerprint density at radius 2 is 2.16 bits per heavy atom. The van der Waals surface area contributed by atoms with Gasteiger partial charge in [-0.3, -0.25) is 14.7 Å². The molecule has 1 aliphatic carbocycles. The highest BCUT2D eigenvalue weighted by atomic mass is 16.5. The maximum atomic E-state index is 12.7. The van der Waals surface area contributed by atoms with E-state index in [1.54, 1.807) is 0 Å². The lowest BCUT2D eigenvalue weighted by atomic mass is 9.86. The summed E-state index contributed by atoms with van der Waals surface area (Å²) < 4.78 is 6.23. The molecule has 6 heteroatoms. The van der Waals surface area contributed by atoms with E-state index in [0.29, 0.717) is 11.9 Å². The molecule has 2 N–H and O–H groups in total. The monoisotopic (exact) mass is 436 g/mol. The number of ether oxygens (including phenoxy) is 1. The molecule has 1 aliphatic heterocycles. The van der Waals surface area contributed by atoms with Gasteiger partial charge < -0.3 is 10.1 Å². The third-order valence-electron chi connectivity index (χ3n) is 6.62. The van der Waals surface area contributed by atoms with Crippen molar-refractivity contribution < 1.29 is 4.74 Å². The predicted molar refractivity (Wildman–Crippen MR) is 129 cm³/mol. The van der Waals surface area contributed by atoms with Gasteiger partial charge in [0.15, 0.2) is 6.23 Å². The fourth-order valence-corrected chi connectivity index (χ4v) is 4.78. The molecule has 1 aromatic heterocycles. The number of fused-ring (bicyclic) bond motifs is 1. The van der Waals surface area contributed by atoms with Crippen LogP contribution in [0, 0.1) is 5.92 Å². The lowest BCUT2D eigenvalue weighted by molar-refractivity contribution is 0.220. The first kappa shape index (κ1) is 22.6. The van der Waals surface area contributed by atoms with Crippen LogP contribution in [0.1, 0.15) is 62.8 Å². The van der Waals surface area contributed by atoms with Gasteiger partial charge in [0.05, 0.1) is 5.69 Å². The standard InChI is InChI=1S/C26H36N4O2/c1-3-9-24(28-26-27-23-13-12-19(4-2)17-22(23)25(31)29-26)32-21-11-8-10-20(16-21)18-30-14-6-5-7-15-30/h3,8-11,16,19,24H,4-7,12-15,17-18H2,1-2H3,(H2,27,28,29,31)/b9-3-. The number of aryl methyl sites for hydroxylation is 1. The molecular weight excluding hydrogens is 400 g/mol. The summed E-state index contributed by atoms with van der Waals surface area (Å²) in [5.74, 6) is 1.86. The second-order valence-electron chi connectivity index (χ2n) is 9.05. The summed E-state index contributed by atoms with van der Waals surface area (Å²) in [5.41, 5.74) is 3.00. The maximum Gasteiger partial charge on any atom is 0.255 e. The Kier molecular flexibility index (Phi) is 7.63. The summed E-state index contributed by atoms with van der Waals surface area (Å²) in [6.07, 6.45) is 11.3. The number of H-pyrrole nitrogens is 1. The summed E-state index contributed by atoms with van der Waals surface area (Å²) in [6, 6.07) is 8.29. The molecule has 2 aliphatic rings. The number of piperidine rings is 1. The lowest BCUT2D eigenvalue weighted by Gasteiger charge is -2.26. The second-order valence-corrected chi connectivity index (χ2v) is 9.05. The van der Waals surface area contributed by atoms with Crippen molar-refractivity contribution in [1.29, 1.82) is 0 Å². The summed E-state index contributed by atoms with van der Waals surface area (Å²) in [5, 5.41) is 3.26. The molecule has 2 heterocycles. The van der Waals surface area contributed by atoms with E-state index in [0.717, 1.165) is 49.2 Å². The quantitative estimate of drug-likeness (QED) is 0.465. The fraction of sp³-hybridized carbons (Fsp3) is 0.538. The summed E-state index contributed by atoms with van der Waals surface area (Å²) in [4.78, 5) is 22.8. The Hall–Kier alpha value is -2.60. The zero-order chi connectivity index (χ0) is 22.3. The molecule has 2 atom stereocenters. The van der Waals surface area contributed by atoms with Crippen LogP contribution in [0.15, 0.2) is 41.2 Å². The number of benzene rings is 1. The molecule has 2 aromatic rings. The summed E-state index contributed by atoms with van der Waals surface area (Å²) >= 11 is 0. The minimum atomic E-state index is -0.418. The van der Waals surface area contributed by atoms with Crippen LogP contribution in [0.3, 0.4) is 0 Å². The van der Waals surface area contributed by atoms with Gasteiger partial charge >= 0.3 is 0 Å². The molecule has 0 amide bonds. The Morgan fingerprint density at radius 3 is 2.94 bits per heavy atom. The maximum absolute atomic E-state index is 12.7. The Bertz CT molecular complexity index is 978. The van der Waals surface area contributed by atoms with Gasteiger partial charge in [0.25, 0.3) is 5.56 Å². The minimum absolute atomic E-state index is 0.0293. The number of hydrogen-bond acceptors (Lipinski definition) is 5. The molecule has 1 aromatic carbocycles. The normalized spacial score (nSPS) is 20.1. The van der Waals surface area contributed by atoms with Crippen molar-refractivity contribution in [3.8, 4) is 5.75 Å². The highest BCUT2D eigenvalue weighted by molar-refractivity contribution is 5.35. The highest BCUT2D eigenvalue weighted by Crippen LogP contribution is 2.25. The number of likely N-dealkylation sites (tertiary alicyclic amines) is 1. The van der Waals surface area contributed by atoms with E-state index in [2.05, 4.69) is 34.3 Å². The van der Waals surface area contributed by atoms with Crippen molar-refractivity contribution >= 4 is 5.95 Å². The number of anilines is 1. The molecule has 0 saturated carbocycles. The zero-order valence-corrected chi connectivity index (χ0v) is 19.4. The minimum Gasteiger partial charge on any atom is -0.467 e. The van der Waals surface area contributed by atoms with Gasteiger partial charge in [-0.05, 0) is 81.8 Å². The van der Waals surface area contributed by atoms with Crippen molar-refractivity contribution in [2.45, 2.75) is 71.6 Å². The Balaban J connectivity index is 1.45. The van der Waals surface area contributed by atoms with Crippen LogP contribution in [0.25, 0.3) is 0 Å². The van der Waals surface area contributed by atoms with Crippen LogP contribution in [0.2, 0.25) is 0 Å². The molecule has 0 radical (unpaired) electrons. The van der Waals surface area contributed by atoms with Crippen LogP contribution < -0.4 is 15.6 Å². The molecule has 6 nitrogen and oxygen atoms in total. The largest absolute Gasteiger partial charge is 0.467 e. The van der Waals surface area contributed by atoms with Crippen LogP contribution in [0.5, 0.6) is 5.75 Å². The molecule has 0 spiro atoms. The number of rotatable bonds is 8. The van der Waals surface area contributed by atoms with Gasteiger partial charge in [0.1, 0.15) is 5.75 Å². The van der Waals surface area contributed by atoms with E-state index in [1.807, 2.05) is 31.2 Å². The van der Waals surface area contributed by atoms with Crippen molar-refractivity contribution in [3.05, 3.63) is 63.6 Å². The SMILES string of the molecule is C/C=C\C(Nc1nc2c(c(=O)[nH]1)CC(CC)CC2)Oc1cccc(CN2CCCCC2)c1. The number of hydrogen-bond donors (Lipinski definition) is 2. The van der Waals surface area contributed by atoms with Crippen molar-refractivity contribution in [2.75, 3.05) is 18.4 Å². The first-order chi connectivity index (χ1) is 15.6. The van der Waals surface area contributed by atoms with Gasteiger partial charge in [-0.1, -0.05) is 38.0 Å². The average molecular weight is 437 g/mol. The van der Waals surface area contributed by atoms with E-state index >= 15 is 0 Å². The summed E-state index contributed by atoms with van der Waals surface area (Å²) in [7, 11) is 0. The van der Waals surface area contributed by atoms with Gasteiger partial charge in [-0.25, -0.2) is 4.98 Å². The molecule has 1 fully saturated rings.